The van der Waals surface area contributed by atoms with Gasteiger partial charge in [-0.15, -0.1) is 0 Å². The summed E-state index contributed by atoms with van der Waals surface area (Å²) in [6.07, 6.45) is 0. The van der Waals surface area contributed by atoms with Crippen molar-refractivity contribution in [3.05, 3.63) is 35.9 Å². The summed E-state index contributed by atoms with van der Waals surface area (Å²) in [6, 6.07) is 8.30. The molecule has 6 heteroatoms. The highest BCUT2D eigenvalue weighted by atomic mass is 32.2. The highest BCUT2D eigenvalue weighted by molar-refractivity contribution is 7.73. The highest BCUT2D eigenvalue weighted by Crippen LogP contribution is 1.96. The summed E-state index contributed by atoms with van der Waals surface area (Å²) in [5.74, 6) is -0.879. The van der Waals surface area contributed by atoms with Gasteiger partial charge in [0.1, 0.15) is 0 Å². The Hall–Kier alpha value is -1.24. The molecule has 0 heterocycles. The van der Waals surface area contributed by atoms with E-state index in [4.69, 9.17) is 18.4 Å². The Morgan fingerprint density at radius 3 is 1.77 bits per heavy atom. The van der Waals surface area contributed by atoms with Crippen LogP contribution in [-0.2, 0) is 11.4 Å². The van der Waals surface area contributed by atoms with Crippen molar-refractivity contribution in [2.24, 2.45) is 0 Å². The molecule has 0 radical (unpaired) electrons. The van der Waals surface area contributed by atoms with Gasteiger partial charge in [0.25, 0.3) is 11.4 Å². The van der Waals surface area contributed by atoms with Crippen LogP contribution in [0.25, 0.3) is 0 Å². The van der Waals surface area contributed by atoms with E-state index in [1.54, 1.807) is 30.3 Å². The van der Waals surface area contributed by atoms with E-state index in [9.17, 15) is 4.79 Å². The quantitative estimate of drug-likeness (QED) is 0.594. The van der Waals surface area contributed by atoms with Gasteiger partial charge in [-0.25, -0.2) is 4.79 Å². The third kappa shape index (κ3) is 7.13. The number of carboxylic acids is 1. The van der Waals surface area contributed by atoms with E-state index in [1.807, 2.05) is 0 Å². The molecule has 0 aliphatic rings. The Bertz CT molecular complexity index is 280. The summed E-state index contributed by atoms with van der Waals surface area (Å²) in [4.78, 5) is 10.2. The SMILES string of the molecule is O=C(O)c1ccccc1.O=S(O)O. The lowest BCUT2D eigenvalue weighted by atomic mass is 10.2. The standard InChI is InChI=1S/C7H6O2.H2O3S/c8-7(9)6-4-2-1-3-5-6;1-4(2)3/h1-5H,(H,8,9);(H2,1,2,3). The first kappa shape index (κ1) is 11.8. The second kappa shape index (κ2) is 6.30. The zero-order valence-corrected chi connectivity index (χ0v) is 7.27. The van der Waals surface area contributed by atoms with Crippen LogP contribution in [0.1, 0.15) is 10.4 Å². The topological polar surface area (TPSA) is 94.8 Å². The van der Waals surface area contributed by atoms with Crippen LogP contribution in [0, 0.1) is 0 Å². The molecule has 1 aromatic carbocycles. The van der Waals surface area contributed by atoms with Crippen molar-refractivity contribution in [2.75, 3.05) is 0 Å². The molecule has 0 spiro atoms. The van der Waals surface area contributed by atoms with Crippen molar-refractivity contribution in [2.45, 2.75) is 0 Å². The van der Waals surface area contributed by atoms with Gasteiger partial charge in [-0.05, 0) is 12.1 Å². The maximum atomic E-state index is 10.2. The third-order valence-corrected chi connectivity index (χ3v) is 1.02. The van der Waals surface area contributed by atoms with Crippen molar-refractivity contribution in [3.8, 4) is 0 Å². The first-order chi connectivity index (χ1) is 6.04. The second-order valence-electron chi connectivity index (χ2n) is 1.90. The zero-order valence-electron chi connectivity index (χ0n) is 6.45. The van der Waals surface area contributed by atoms with Gasteiger partial charge in [-0.3, -0.25) is 9.11 Å². The molecule has 0 aromatic heterocycles. The van der Waals surface area contributed by atoms with Gasteiger partial charge in [0.15, 0.2) is 0 Å². The van der Waals surface area contributed by atoms with Gasteiger partial charge in [-0.2, -0.15) is 4.21 Å². The average Bonchev–Trinajstić information content (AvgIpc) is 2.05. The fourth-order valence-electron chi connectivity index (χ4n) is 0.581. The molecule has 72 valence electrons. The second-order valence-corrected chi connectivity index (χ2v) is 2.36. The van der Waals surface area contributed by atoms with E-state index in [1.165, 1.54) is 0 Å². The first-order valence-electron chi connectivity index (χ1n) is 3.12. The summed E-state index contributed by atoms with van der Waals surface area (Å²) < 4.78 is 22.8. The Balaban J connectivity index is 0.000000310. The number of hydrogen-bond donors (Lipinski definition) is 3. The summed E-state index contributed by atoms with van der Waals surface area (Å²) in [7, 11) is 0. The van der Waals surface area contributed by atoms with Gasteiger partial charge in [0.05, 0.1) is 5.56 Å². The lowest BCUT2D eigenvalue weighted by Crippen LogP contribution is -1.93. The minimum atomic E-state index is -2.61. The van der Waals surface area contributed by atoms with Crippen LogP contribution in [-0.4, -0.2) is 24.4 Å². The highest BCUT2D eigenvalue weighted by Gasteiger charge is 1.96. The molecule has 0 amide bonds. The molecular formula is C7H8O5S. The van der Waals surface area contributed by atoms with Crippen LogP contribution in [0.3, 0.4) is 0 Å². The predicted molar refractivity (Wildman–Crippen MR) is 46.8 cm³/mol. The fraction of sp³-hybridized carbons (Fsp3) is 0. The molecule has 3 N–H and O–H groups in total. The summed E-state index contributed by atoms with van der Waals surface area (Å²) in [6.45, 7) is 0. The Morgan fingerprint density at radius 1 is 1.15 bits per heavy atom. The van der Waals surface area contributed by atoms with Gasteiger partial charge < -0.3 is 5.11 Å². The summed E-state index contributed by atoms with van der Waals surface area (Å²) >= 11 is -2.61. The van der Waals surface area contributed by atoms with Crippen LogP contribution in [0.15, 0.2) is 30.3 Å². The zero-order chi connectivity index (χ0) is 10.3. The molecule has 0 fully saturated rings. The van der Waals surface area contributed by atoms with E-state index in [0.29, 0.717) is 5.56 Å². The number of aromatic carboxylic acids is 1. The Morgan fingerprint density at radius 2 is 1.54 bits per heavy atom. The minimum absolute atomic E-state index is 0.331. The number of hydrogen-bond acceptors (Lipinski definition) is 2. The molecule has 13 heavy (non-hydrogen) atoms. The van der Waals surface area contributed by atoms with Crippen molar-refractivity contribution in [1.82, 2.24) is 0 Å². The smallest absolute Gasteiger partial charge is 0.335 e. The van der Waals surface area contributed by atoms with Crippen molar-refractivity contribution < 1.29 is 23.2 Å². The van der Waals surface area contributed by atoms with Crippen LogP contribution in [0.5, 0.6) is 0 Å². The van der Waals surface area contributed by atoms with Crippen LogP contribution in [0.2, 0.25) is 0 Å². The van der Waals surface area contributed by atoms with E-state index < -0.39 is 17.3 Å². The minimum Gasteiger partial charge on any atom is -0.478 e. The molecule has 0 atom stereocenters. The molecule has 0 saturated carbocycles. The van der Waals surface area contributed by atoms with Gasteiger partial charge in [-0.1, -0.05) is 18.2 Å². The van der Waals surface area contributed by atoms with Gasteiger partial charge in [0, 0.05) is 0 Å². The average molecular weight is 204 g/mol. The Kier molecular flexibility index (Phi) is 5.69. The van der Waals surface area contributed by atoms with Gasteiger partial charge in [0.2, 0.25) is 0 Å². The maximum Gasteiger partial charge on any atom is 0.335 e. The lowest BCUT2D eigenvalue weighted by Gasteiger charge is -1.88. The third-order valence-electron chi connectivity index (χ3n) is 1.02. The monoisotopic (exact) mass is 204 g/mol. The molecule has 0 aliphatic carbocycles. The molecule has 5 nitrogen and oxygen atoms in total. The number of benzene rings is 1. The Labute approximate surface area is 77.1 Å². The molecule has 0 bridgehead atoms. The lowest BCUT2D eigenvalue weighted by molar-refractivity contribution is 0.0697. The molecular weight excluding hydrogens is 196 g/mol. The summed E-state index contributed by atoms with van der Waals surface area (Å²) in [5.41, 5.74) is 0.331. The molecule has 1 rings (SSSR count). The number of rotatable bonds is 1. The van der Waals surface area contributed by atoms with Crippen LogP contribution in [0.4, 0.5) is 0 Å². The van der Waals surface area contributed by atoms with E-state index in [2.05, 4.69) is 0 Å². The number of carboxylic acid groups (broad SMARTS) is 1. The molecule has 1 aromatic rings. The first-order valence-corrected chi connectivity index (χ1v) is 4.18. The maximum absolute atomic E-state index is 10.2. The van der Waals surface area contributed by atoms with Gasteiger partial charge >= 0.3 is 5.97 Å². The molecule has 0 saturated heterocycles. The van der Waals surface area contributed by atoms with Crippen molar-refractivity contribution in [3.63, 3.8) is 0 Å². The van der Waals surface area contributed by atoms with Crippen LogP contribution < -0.4 is 0 Å². The largest absolute Gasteiger partial charge is 0.478 e. The molecule has 0 unspecified atom stereocenters. The normalized spacial score (nSPS) is 8.85. The van der Waals surface area contributed by atoms with Crippen LogP contribution >= 0.6 is 0 Å². The van der Waals surface area contributed by atoms with Crippen molar-refractivity contribution in [1.29, 1.82) is 0 Å². The van der Waals surface area contributed by atoms with E-state index >= 15 is 0 Å². The molecule has 0 aliphatic heterocycles. The predicted octanol–water partition coefficient (Wildman–Crippen LogP) is 1.07. The fourth-order valence-corrected chi connectivity index (χ4v) is 0.581. The number of carbonyl (C=O) groups is 1. The summed E-state index contributed by atoms with van der Waals surface area (Å²) in [5, 5.41) is 8.38. The van der Waals surface area contributed by atoms with Crippen molar-refractivity contribution >= 4 is 17.3 Å². The van der Waals surface area contributed by atoms with E-state index in [-0.39, 0.29) is 0 Å². The van der Waals surface area contributed by atoms with E-state index in [0.717, 1.165) is 0 Å².